The van der Waals surface area contributed by atoms with Crippen molar-refractivity contribution in [2.75, 3.05) is 19.7 Å². The van der Waals surface area contributed by atoms with E-state index in [-0.39, 0.29) is 18.6 Å². The first-order valence-corrected chi connectivity index (χ1v) is 9.88. The van der Waals surface area contributed by atoms with Crippen molar-refractivity contribution in [2.24, 2.45) is 0 Å². The molecule has 2 aliphatic rings. The van der Waals surface area contributed by atoms with Crippen LogP contribution in [0.1, 0.15) is 38.4 Å². The molecule has 1 saturated heterocycles. The van der Waals surface area contributed by atoms with Crippen molar-refractivity contribution in [2.45, 2.75) is 25.5 Å². The van der Waals surface area contributed by atoms with Crippen LogP contribution in [0.4, 0.5) is 0 Å². The molecule has 27 heavy (non-hydrogen) atoms. The van der Waals surface area contributed by atoms with E-state index in [4.69, 9.17) is 4.74 Å². The molecule has 0 N–H and O–H groups in total. The van der Waals surface area contributed by atoms with Crippen LogP contribution in [-0.4, -0.2) is 53.3 Å². The number of ether oxygens (including phenoxy) is 1. The van der Waals surface area contributed by atoms with Crippen molar-refractivity contribution >= 4 is 29.1 Å². The van der Waals surface area contributed by atoms with Gasteiger partial charge in [-0.15, -0.1) is 11.3 Å². The number of hydrogen-bond donors (Lipinski definition) is 0. The molecule has 0 spiro atoms. The van der Waals surface area contributed by atoms with Crippen molar-refractivity contribution in [3.05, 3.63) is 57.8 Å². The fourth-order valence-corrected chi connectivity index (χ4v) is 4.22. The third-order valence-electron chi connectivity index (χ3n) is 4.90. The summed E-state index contributed by atoms with van der Waals surface area (Å²) in [5, 5.41) is 1.97. The highest BCUT2D eigenvalue weighted by Crippen LogP contribution is 2.23. The maximum absolute atomic E-state index is 13.0. The van der Waals surface area contributed by atoms with Crippen molar-refractivity contribution < 1.29 is 19.1 Å². The smallest absolute Gasteiger partial charge is 0.262 e. The van der Waals surface area contributed by atoms with Crippen LogP contribution >= 0.6 is 11.3 Å². The van der Waals surface area contributed by atoms with Gasteiger partial charge in [-0.2, -0.15) is 0 Å². The van der Waals surface area contributed by atoms with Crippen LogP contribution in [-0.2, 0) is 16.1 Å². The quantitative estimate of drug-likeness (QED) is 0.718. The zero-order valence-corrected chi connectivity index (χ0v) is 15.6. The Hall–Kier alpha value is -2.51. The molecular formula is C20H20N2O4S. The molecule has 4 rings (SSSR count). The van der Waals surface area contributed by atoms with E-state index in [0.29, 0.717) is 30.8 Å². The zero-order valence-electron chi connectivity index (χ0n) is 14.8. The van der Waals surface area contributed by atoms with E-state index in [9.17, 15) is 14.4 Å². The van der Waals surface area contributed by atoms with E-state index >= 15 is 0 Å². The number of nitrogens with zero attached hydrogens (tertiary/aromatic N) is 2. The lowest BCUT2D eigenvalue weighted by Crippen LogP contribution is -2.44. The van der Waals surface area contributed by atoms with Gasteiger partial charge in [0.2, 0.25) is 5.91 Å². The Morgan fingerprint density at radius 1 is 1.15 bits per heavy atom. The van der Waals surface area contributed by atoms with Gasteiger partial charge in [-0.05, 0) is 36.4 Å². The summed E-state index contributed by atoms with van der Waals surface area (Å²) < 4.78 is 5.68. The highest BCUT2D eigenvalue weighted by atomic mass is 32.1. The summed E-state index contributed by atoms with van der Waals surface area (Å²) in [5.74, 6) is -1.05. The molecule has 1 unspecified atom stereocenters. The fraction of sp³-hybridized carbons (Fsp3) is 0.350. The van der Waals surface area contributed by atoms with Gasteiger partial charge >= 0.3 is 0 Å². The van der Waals surface area contributed by atoms with Crippen LogP contribution in [0.5, 0.6) is 0 Å². The molecule has 7 heteroatoms. The van der Waals surface area contributed by atoms with E-state index in [0.717, 1.165) is 22.6 Å². The number of fused-ring (bicyclic) bond motifs is 1. The van der Waals surface area contributed by atoms with Crippen LogP contribution in [0.3, 0.4) is 0 Å². The van der Waals surface area contributed by atoms with Crippen LogP contribution in [0.25, 0.3) is 0 Å². The largest absolute Gasteiger partial charge is 0.376 e. The molecule has 0 bridgehead atoms. The normalized spacial score (nSPS) is 18.8. The highest BCUT2D eigenvalue weighted by molar-refractivity contribution is 7.09. The molecule has 1 fully saturated rings. The van der Waals surface area contributed by atoms with Gasteiger partial charge in [-0.3, -0.25) is 19.3 Å². The Morgan fingerprint density at radius 3 is 2.48 bits per heavy atom. The number of carbonyl (C=O) groups is 3. The van der Waals surface area contributed by atoms with Crippen molar-refractivity contribution in [3.63, 3.8) is 0 Å². The lowest BCUT2D eigenvalue weighted by atomic mass is 10.1. The maximum atomic E-state index is 13.0. The second kappa shape index (κ2) is 7.62. The summed E-state index contributed by atoms with van der Waals surface area (Å²) >= 11 is 1.58. The van der Waals surface area contributed by atoms with Gasteiger partial charge in [-0.1, -0.05) is 18.2 Å². The van der Waals surface area contributed by atoms with Crippen LogP contribution in [0, 0.1) is 0 Å². The monoisotopic (exact) mass is 384 g/mol. The minimum atomic E-state index is -0.405. The fourth-order valence-electron chi connectivity index (χ4n) is 3.50. The number of amides is 3. The predicted octanol–water partition coefficient (Wildman–Crippen LogP) is 2.55. The van der Waals surface area contributed by atoms with E-state index in [2.05, 4.69) is 0 Å². The van der Waals surface area contributed by atoms with E-state index in [1.165, 1.54) is 0 Å². The van der Waals surface area contributed by atoms with Crippen LogP contribution < -0.4 is 0 Å². The first kappa shape index (κ1) is 17.9. The molecule has 1 aromatic carbocycles. The topological polar surface area (TPSA) is 66.9 Å². The van der Waals surface area contributed by atoms with Gasteiger partial charge in [0, 0.05) is 18.0 Å². The van der Waals surface area contributed by atoms with E-state index in [1.807, 2.05) is 17.5 Å². The second-order valence-electron chi connectivity index (χ2n) is 6.73. The summed E-state index contributed by atoms with van der Waals surface area (Å²) in [5.41, 5.74) is 0.721. The molecule has 2 aromatic rings. The summed E-state index contributed by atoms with van der Waals surface area (Å²) in [4.78, 5) is 41.9. The summed E-state index contributed by atoms with van der Waals surface area (Å²) in [7, 11) is 0. The van der Waals surface area contributed by atoms with Crippen LogP contribution in [0.15, 0.2) is 41.8 Å². The number of hydrogen-bond acceptors (Lipinski definition) is 5. The third-order valence-corrected chi connectivity index (χ3v) is 5.76. The van der Waals surface area contributed by atoms with E-state index in [1.54, 1.807) is 40.5 Å². The van der Waals surface area contributed by atoms with Gasteiger partial charge in [-0.25, -0.2) is 0 Å². The highest BCUT2D eigenvalue weighted by Gasteiger charge is 2.37. The lowest BCUT2D eigenvalue weighted by Gasteiger charge is -2.26. The molecule has 0 saturated carbocycles. The maximum Gasteiger partial charge on any atom is 0.262 e. The number of carbonyl (C=O) groups excluding carboxylic acids is 3. The van der Waals surface area contributed by atoms with Crippen molar-refractivity contribution in [1.29, 1.82) is 0 Å². The Bertz CT molecular complexity index is 824. The number of rotatable bonds is 6. The minimum Gasteiger partial charge on any atom is -0.376 e. The molecule has 3 amide bonds. The number of thiophene rings is 1. The Balaban J connectivity index is 1.49. The average Bonchev–Trinajstić information content (AvgIpc) is 3.41. The Labute approximate surface area is 161 Å². The standard InChI is InChI=1S/C20H20N2O4S/c23-18(13-22-19(24)16-7-1-2-8-17(16)20(22)25)21(11-14-5-3-9-26-14)12-15-6-4-10-27-15/h1-2,4,6-8,10,14H,3,5,9,11-13H2. The molecular weight excluding hydrogens is 364 g/mol. The van der Waals surface area contributed by atoms with Crippen molar-refractivity contribution in [3.8, 4) is 0 Å². The van der Waals surface area contributed by atoms with Crippen LogP contribution in [0.2, 0.25) is 0 Å². The van der Waals surface area contributed by atoms with E-state index < -0.39 is 11.8 Å². The van der Waals surface area contributed by atoms with Gasteiger partial charge in [0.05, 0.1) is 23.8 Å². The molecule has 1 aromatic heterocycles. The summed E-state index contributed by atoms with van der Waals surface area (Å²) in [6.45, 7) is 1.40. The summed E-state index contributed by atoms with van der Waals surface area (Å²) in [6.07, 6.45) is 1.92. The SMILES string of the molecule is O=C(CN1C(=O)c2ccccc2C1=O)N(Cc1cccs1)CC1CCCO1. The Morgan fingerprint density at radius 2 is 1.89 bits per heavy atom. The summed E-state index contributed by atoms with van der Waals surface area (Å²) in [6, 6.07) is 10.6. The first-order chi connectivity index (χ1) is 13.1. The first-order valence-electron chi connectivity index (χ1n) is 9.00. The zero-order chi connectivity index (χ0) is 18.8. The number of imide groups is 1. The molecule has 140 valence electrons. The van der Waals surface area contributed by atoms with Gasteiger partial charge < -0.3 is 9.64 Å². The lowest BCUT2D eigenvalue weighted by molar-refractivity contribution is -0.133. The number of benzene rings is 1. The van der Waals surface area contributed by atoms with Gasteiger partial charge in [0.25, 0.3) is 11.8 Å². The van der Waals surface area contributed by atoms with Crippen molar-refractivity contribution in [1.82, 2.24) is 9.80 Å². The third kappa shape index (κ3) is 3.65. The minimum absolute atomic E-state index is 0.0103. The molecule has 1 atom stereocenters. The molecule has 2 aliphatic heterocycles. The van der Waals surface area contributed by atoms with Gasteiger partial charge in [0.1, 0.15) is 6.54 Å². The second-order valence-corrected chi connectivity index (χ2v) is 7.76. The Kier molecular flexibility index (Phi) is 5.05. The molecule has 0 radical (unpaired) electrons. The predicted molar refractivity (Wildman–Crippen MR) is 101 cm³/mol. The average molecular weight is 384 g/mol. The molecule has 6 nitrogen and oxygen atoms in total. The molecule has 0 aliphatic carbocycles. The molecule has 3 heterocycles. The van der Waals surface area contributed by atoms with Gasteiger partial charge in [0.15, 0.2) is 0 Å².